The van der Waals surface area contributed by atoms with E-state index in [0.29, 0.717) is 6.92 Å². The number of nitrogens with zero attached hydrogens (tertiary/aromatic N) is 2. The molecule has 0 fully saturated rings. The topological polar surface area (TPSA) is 143 Å². The highest BCUT2D eigenvalue weighted by atomic mass is 35.5. The van der Waals surface area contributed by atoms with Gasteiger partial charge in [0.05, 0.1) is 14.9 Å². The molecule has 1 atom stereocenters. The third kappa shape index (κ3) is 5.62. The lowest BCUT2D eigenvalue weighted by atomic mass is 10.1. The Kier molecular flexibility index (Phi) is 7.30. The third-order valence-electron chi connectivity index (χ3n) is 4.57. The van der Waals surface area contributed by atoms with Gasteiger partial charge in [-0.2, -0.15) is 17.9 Å². The summed E-state index contributed by atoms with van der Waals surface area (Å²) in [5.74, 6) is -1.35. The maximum absolute atomic E-state index is 12.8. The number of carboxylic acids is 1. The van der Waals surface area contributed by atoms with Crippen LogP contribution in [0.15, 0.2) is 27.6 Å². The molecule has 0 saturated carbocycles. The van der Waals surface area contributed by atoms with E-state index in [0.717, 1.165) is 23.5 Å². The number of aliphatic hydroxyl groups is 1. The number of thiazole rings is 1. The van der Waals surface area contributed by atoms with Crippen molar-refractivity contribution < 1.29 is 41.1 Å². The minimum atomic E-state index is -4.84. The van der Waals surface area contributed by atoms with E-state index in [1.807, 2.05) is 0 Å². The molecule has 3 N–H and O–H groups in total. The van der Waals surface area contributed by atoms with Crippen LogP contribution >= 0.6 is 34.5 Å². The van der Waals surface area contributed by atoms with Gasteiger partial charge in [0, 0.05) is 11.6 Å². The molecule has 0 bridgehead atoms. The Balaban J connectivity index is 2.08. The Morgan fingerprint density at radius 3 is 2.37 bits per heavy atom. The SMILES string of the molecule is CC(NS(=O)(=O)c1ccc(-c2sc(-c3cc(C(C)(C)O)on3)nc2C(=O)O)c(Cl)c1Cl)C(F)(F)F. The lowest BCUT2D eigenvalue weighted by Gasteiger charge is -2.18. The van der Waals surface area contributed by atoms with E-state index in [9.17, 15) is 36.6 Å². The van der Waals surface area contributed by atoms with Gasteiger partial charge in [0.25, 0.3) is 0 Å². The summed E-state index contributed by atoms with van der Waals surface area (Å²) in [4.78, 5) is 15.1. The summed E-state index contributed by atoms with van der Waals surface area (Å²) in [7, 11) is -4.73. The van der Waals surface area contributed by atoms with Crippen molar-refractivity contribution in [1.29, 1.82) is 0 Å². The van der Waals surface area contributed by atoms with Crippen molar-refractivity contribution in [2.45, 2.75) is 43.5 Å². The standard InChI is InChI=1S/C19H16Cl2F3N3O6S2/c1-7(19(22,23)24)27-35(31,32)10-5-4-8(12(20)13(10)21)15-14(17(28)29)25-16(34-15)9-6-11(33-26-9)18(2,3)30/h4-7,27,30H,1-3H3,(H,28,29). The average Bonchev–Trinajstić information content (AvgIpc) is 3.35. The highest BCUT2D eigenvalue weighted by Gasteiger charge is 2.39. The first kappa shape index (κ1) is 27.4. The van der Waals surface area contributed by atoms with Crippen LogP contribution in [0.25, 0.3) is 21.1 Å². The van der Waals surface area contributed by atoms with Gasteiger partial charge in [-0.15, -0.1) is 11.3 Å². The van der Waals surface area contributed by atoms with Crippen LogP contribution in [0, 0.1) is 0 Å². The van der Waals surface area contributed by atoms with Crippen molar-refractivity contribution in [2.24, 2.45) is 0 Å². The molecule has 0 aliphatic heterocycles. The molecule has 0 radical (unpaired) electrons. The maximum Gasteiger partial charge on any atom is 0.404 e. The second kappa shape index (κ2) is 9.33. The quantitative estimate of drug-likeness (QED) is 0.361. The third-order valence-corrected chi connectivity index (χ3v) is 8.25. The van der Waals surface area contributed by atoms with E-state index in [-0.39, 0.29) is 26.9 Å². The number of aromatic nitrogens is 2. The fourth-order valence-electron chi connectivity index (χ4n) is 2.70. The van der Waals surface area contributed by atoms with Gasteiger partial charge in [-0.1, -0.05) is 34.4 Å². The molecule has 35 heavy (non-hydrogen) atoms. The molecule has 190 valence electrons. The number of carbonyl (C=O) groups is 1. The molecule has 2 heterocycles. The van der Waals surface area contributed by atoms with Crippen molar-refractivity contribution in [2.75, 3.05) is 0 Å². The summed E-state index contributed by atoms with van der Waals surface area (Å²) in [5, 5.41) is 22.5. The van der Waals surface area contributed by atoms with Gasteiger partial charge < -0.3 is 14.7 Å². The number of aromatic carboxylic acids is 1. The number of halogens is 5. The van der Waals surface area contributed by atoms with Crippen LogP contribution < -0.4 is 4.72 Å². The summed E-state index contributed by atoms with van der Waals surface area (Å²) >= 11 is 13.1. The van der Waals surface area contributed by atoms with E-state index in [2.05, 4.69) is 10.1 Å². The smallest absolute Gasteiger partial charge is 0.404 e. The molecule has 0 aliphatic rings. The van der Waals surface area contributed by atoms with E-state index >= 15 is 0 Å². The van der Waals surface area contributed by atoms with Crippen LogP contribution in [-0.2, 0) is 15.6 Å². The van der Waals surface area contributed by atoms with E-state index in [4.69, 9.17) is 27.7 Å². The predicted molar refractivity (Wildman–Crippen MR) is 121 cm³/mol. The fourth-order valence-corrected chi connectivity index (χ4v) is 5.89. The number of alkyl halides is 3. The molecule has 0 aliphatic carbocycles. The summed E-state index contributed by atoms with van der Waals surface area (Å²) < 4.78 is 69.9. The van der Waals surface area contributed by atoms with Crippen molar-refractivity contribution in [3.05, 3.63) is 39.7 Å². The molecular formula is C19H16Cl2F3N3O6S2. The molecule has 3 aromatic rings. The van der Waals surface area contributed by atoms with Gasteiger partial charge >= 0.3 is 12.1 Å². The maximum atomic E-state index is 12.8. The summed E-state index contributed by atoms with van der Waals surface area (Å²) in [6, 6.07) is 0.977. The minimum Gasteiger partial charge on any atom is -0.476 e. The first-order chi connectivity index (χ1) is 15.9. The zero-order chi connectivity index (χ0) is 26.5. The van der Waals surface area contributed by atoms with Crippen molar-refractivity contribution in [1.82, 2.24) is 14.9 Å². The molecule has 9 nitrogen and oxygen atoms in total. The van der Waals surface area contributed by atoms with E-state index < -0.39 is 54.4 Å². The average molecular weight is 574 g/mol. The van der Waals surface area contributed by atoms with Gasteiger partial charge in [-0.3, -0.25) is 0 Å². The molecule has 3 rings (SSSR count). The van der Waals surface area contributed by atoms with E-state index in [1.54, 1.807) is 0 Å². The second-order valence-electron chi connectivity index (χ2n) is 7.76. The summed E-state index contributed by atoms with van der Waals surface area (Å²) in [6.45, 7) is 3.52. The monoisotopic (exact) mass is 573 g/mol. The minimum absolute atomic E-state index is 0.0206. The number of nitrogens with one attached hydrogen (secondary N) is 1. The molecular weight excluding hydrogens is 558 g/mol. The highest BCUT2D eigenvalue weighted by molar-refractivity contribution is 7.89. The van der Waals surface area contributed by atoms with Crippen LogP contribution in [0.2, 0.25) is 10.0 Å². The van der Waals surface area contributed by atoms with Gasteiger partial charge in [0.15, 0.2) is 11.5 Å². The lowest BCUT2D eigenvalue weighted by molar-refractivity contribution is -0.147. The zero-order valence-electron chi connectivity index (χ0n) is 17.9. The normalized spacial score (nSPS) is 13.7. The molecule has 1 aromatic carbocycles. The number of sulfonamides is 1. The Labute approximate surface area is 210 Å². The highest BCUT2D eigenvalue weighted by Crippen LogP contribution is 2.43. The van der Waals surface area contributed by atoms with Crippen molar-refractivity contribution in [3.8, 4) is 21.1 Å². The van der Waals surface area contributed by atoms with Gasteiger partial charge in [0.1, 0.15) is 27.2 Å². The Morgan fingerprint density at radius 1 is 1.23 bits per heavy atom. The Bertz CT molecular complexity index is 1400. The molecule has 0 amide bonds. The van der Waals surface area contributed by atoms with Crippen molar-refractivity contribution in [3.63, 3.8) is 0 Å². The van der Waals surface area contributed by atoms with Gasteiger partial charge in [0.2, 0.25) is 10.0 Å². The van der Waals surface area contributed by atoms with Crippen LogP contribution in [0.3, 0.4) is 0 Å². The molecule has 16 heteroatoms. The number of hydrogen-bond acceptors (Lipinski definition) is 8. The number of benzene rings is 1. The summed E-state index contributed by atoms with van der Waals surface area (Å²) in [6.07, 6.45) is -4.84. The molecule has 1 unspecified atom stereocenters. The first-order valence-electron chi connectivity index (χ1n) is 9.45. The van der Waals surface area contributed by atoms with Crippen molar-refractivity contribution >= 4 is 50.5 Å². The first-order valence-corrected chi connectivity index (χ1v) is 12.5. The number of hydrogen-bond donors (Lipinski definition) is 3. The number of carboxylic acid groups (broad SMARTS) is 1. The van der Waals surface area contributed by atoms with E-state index in [1.165, 1.54) is 24.6 Å². The molecule has 0 spiro atoms. The Morgan fingerprint density at radius 2 is 1.86 bits per heavy atom. The second-order valence-corrected chi connectivity index (χ2v) is 11.2. The Hall–Kier alpha value is -2.23. The van der Waals surface area contributed by atoms with Gasteiger partial charge in [-0.25, -0.2) is 18.2 Å². The molecule has 2 aromatic heterocycles. The number of rotatable bonds is 7. The van der Waals surface area contributed by atoms with Gasteiger partial charge in [-0.05, 0) is 26.8 Å². The van der Waals surface area contributed by atoms with Crippen LogP contribution in [0.5, 0.6) is 0 Å². The predicted octanol–water partition coefficient (Wildman–Crippen LogP) is 4.93. The summed E-state index contributed by atoms with van der Waals surface area (Å²) in [5.41, 5.74) is -1.73. The zero-order valence-corrected chi connectivity index (χ0v) is 21.1. The largest absolute Gasteiger partial charge is 0.476 e. The van der Waals surface area contributed by atoms with Crippen LogP contribution in [0.1, 0.15) is 37.0 Å². The van der Waals surface area contributed by atoms with Crippen LogP contribution in [0.4, 0.5) is 13.2 Å². The lowest BCUT2D eigenvalue weighted by Crippen LogP contribution is -2.43. The molecule has 0 saturated heterocycles. The van der Waals surface area contributed by atoms with Crippen LogP contribution in [-0.4, -0.2) is 47.0 Å². The fraction of sp³-hybridized carbons (Fsp3) is 0.316.